The second kappa shape index (κ2) is 8.57. The Kier molecular flexibility index (Phi) is 5.72. The fourth-order valence-electron chi connectivity index (χ4n) is 2.24. The Hall–Kier alpha value is -3.48. The Morgan fingerprint density at radius 1 is 1.00 bits per heavy atom. The van der Waals surface area contributed by atoms with Crippen molar-refractivity contribution in [3.05, 3.63) is 78.0 Å². The van der Waals surface area contributed by atoms with E-state index in [1.54, 1.807) is 19.5 Å². The topological polar surface area (TPSA) is 89.0 Å². The number of methoxy groups -OCH3 is 1. The van der Waals surface area contributed by atoms with Gasteiger partial charge in [0.25, 0.3) is 5.91 Å². The Morgan fingerprint density at radius 3 is 2.50 bits per heavy atom. The predicted molar refractivity (Wildman–Crippen MR) is 97.8 cm³/mol. The molecule has 0 atom stereocenters. The van der Waals surface area contributed by atoms with Crippen LogP contribution in [0.25, 0.3) is 0 Å². The normalized spacial score (nSPS) is 10.2. The highest BCUT2D eigenvalue weighted by molar-refractivity contribution is 5.91. The molecule has 132 valence electrons. The zero-order chi connectivity index (χ0) is 18.2. The summed E-state index contributed by atoms with van der Waals surface area (Å²) in [6.07, 6.45) is 4.67. The smallest absolute Gasteiger partial charge is 0.271 e. The van der Waals surface area contributed by atoms with Gasteiger partial charge in [0.1, 0.15) is 17.3 Å². The number of nitrogens with zero attached hydrogens (tertiary/aromatic N) is 3. The molecule has 0 aliphatic heterocycles. The maximum atomic E-state index is 12.1. The lowest BCUT2D eigenvalue weighted by Crippen LogP contribution is -2.24. The third-order valence-corrected chi connectivity index (χ3v) is 3.67. The molecule has 0 aliphatic carbocycles. The molecule has 2 heterocycles. The third-order valence-electron chi connectivity index (χ3n) is 3.67. The first-order valence-electron chi connectivity index (χ1n) is 8.11. The number of amides is 1. The summed E-state index contributed by atoms with van der Waals surface area (Å²) < 4.78 is 5.13. The standard InChI is InChI=1S/C19H19N5O2/c1-26-16-7-5-14(6-8-16)10-22-18-13-21-17(12-23-18)19(25)24-11-15-4-2-3-9-20-15/h2-9,12-13H,10-11H2,1H3,(H,22,23)(H,24,25). The molecule has 0 saturated carbocycles. The van der Waals surface area contributed by atoms with Crippen LogP contribution in [-0.2, 0) is 13.1 Å². The summed E-state index contributed by atoms with van der Waals surface area (Å²) in [5.74, 6) is 1.13. The van der Waals surface area contributed by atoms with Gasteiger partial charge >= 0.3 is 0 Å². The van der Waals surface area contributed by atoms with E-state index in [1.165, 1.54) is 6.20 Å². The van der Waals surface area contributed by atoms with E-state index >= 15 is 0 Å². The molecule has 3 rings (SSSR count). The van der Waals surface area contributed by atoms with Crippen LogP contribution in [0.1, 0.15) is 21.7 Å². The van der Waals surface area contributed by atoms with Crippen LogP contribution in [0.4, 0.5) is 5.82 Å². The number of pyridine rings is 1. The fourth-order valence-corrected chi connectivity index (χ4v) is 2.24. The fraction of sp³-hybridized carbons (Fsp3) is 0.158. The second-order valence-electron chi connectivity index (χ2n) is 5.49. The van der Waals surface area contributed by atoms with Crippen molar-refractivity contribution < 1.29 is 9.53 Å². The van der Waals surface area contributed by atoms with Gasteiger partial charge in [0.15, 0.2) is 0 Å². The van der Waals surface area contributed by atoms with E-state index in [0.717, 1.165) is 17.0 Å². The van der Waals surface area contributed by atoms with Crippen LogP contribution < -0.4 is 15.4 Å². The minimum atomic E-state index is -0.287. The number of rotatable bonds is 7. The molecule has 7 heteroatoms. The molecule has 0 radical (unpaired) electrons. The molecule has 1 amide bonds. The van der Waals surface area contributed by atoms with Crippen molar-refractivity contribution in [3.63, 3.8) is 0 Å². The van der Waals surface area contributed by atoms with Gasteiger partial charge in [-0.15, -0.1) is 0 Å². The molecule has 0 bridgehead atoms. The van der Waals surface area contributed by atoms with Crippen LogP contribution in [0.15, 0.2) is 61.1 Å². The third kappa shape index (κ3) is 4.76. The van der Waals surface area contributed by atoms with Gasteiger partial charge in [0, 0.05) is 12.7 Å². The Morgan fingerprint density at radius 2 is 1.85 bits per heavy atom. The molecule has 0 spiro atoms. The maximum absolute atomic E-state index is 12.1. The molecule has 3 aromatic rings. The number of hydrogen-bond acceptors (Lipinski definition) is 6. The molecule has 0 saturated heterocycles. The van der Waals surface area contributed by atoms with Crippen LogP contribution in [0.5, 0.6) is 5.75 Å². The lowest BCUT2D eigenvalue weighted by atomic mass is 10.2. The lowest BCUT2D eigenvalue weighted by molar-refractivity contribution is 0.0945. The predicted octanol–water partition coefficient (Wildman–Crippen LogP) is 2.42. The van der Waals surface area contributed by atoms with Crippen LogP contribution >= 0.6 is 0 Å². The molecular formula is C19H19N5O2. The van der Waals surface area contributed by atoms with E-state index in [0.29, 0.717) is 18.9 Å². The van der Waals surface area contributed by atoms with Crippen molar-refractivity contribution in [3.8, 4) is 5.75 Å². The summed E-state index contributed by atoms with van der Waals surface area (Å²) in [7, 11) is 1.64. The summed E-state index contributed by atoms with van der Waals surface area (Å²) in [6, 6.07) is 13.3. The molecule has 2 aromatic heterocycles. The number of carbonyl (C=O) groups excluding carboxylic acids is 1. The molecule has 0 aliphatic rings. The quantitative estimate of drug-likeness (QED) is 0.681. The number of anilines is 1. The van der Waals surface area contributed by atoms with Crippen LogP contribution in [0, 0.1) is 0 Å². The first kappa shape index (κ1) is 17.3. The van der Waals surface area contributed by atoms with Gasteiger partial charge in [-0.25, -0.2) is 9.97 Å². The van der Waals surface area contributed by atoms with Gasteiger partial charge < -0.3 is 15.4 Å². The SMILES string of the molecule is COc1ccc(CNc2cnc(C(=O)NCc3ccccn3)cn2)cc1. The zero-order valence-corrected chi connectivity index (χ0v) is 14.3. The number of ether oxygens (including phenoxy) is 1. The van der Waals surface area contributed by atoms with Gasteiger partial charge in [0.2, 0.25) is 0 Å². The lowest BCUT2D eigenvalue weighted by Gasteiger charge is -2.07. The Bertz CT molecular complexity index is 836. The second-order valence-corrected chi connectivity index (χ2v) is 5.49. The highest BCUT2D eigenvalue weighted by atomic mass is 16.5. The Labute approximate surface area is 151 Å². The summed E-state index contributed by atoms with van der Waals surface area (Å²) in [5.41, 5.74) is 2.13. The summed E-state index contributed by atoms with van der Waals surface area (Å²) in [4.78, 5) is 24.6. The van der Waals surface area contributed by atoms with Crippen molar-refractivity contribution >= 4 is 11.7 Å². The number of nitrogens with one attached hydrogen (secondary N) is 2. The highest BCUT2D eigenvalue weighted by Crippen LogP contribution is 2.12. The average Bonchev–Trinajstić information content (AvgIpc) is 2.72. The largest absolute Gasteiger partial charge is 0.497 e. The zero-order valence-electron chi connectivity index (χ0n) is 14.3. The number of benzene rings is 1. The van der Waals surface area contributed by atoms with E-state index in [4.69, 9.17) is 4.74 Å². The van der Waals surface area contributed by atoms with E-state index in [9.17, 15) is 4.79 Å². The van der Waals surface area contributed by atoms with Gasteiger partial charge in [0.05, 0.1) is 31.7 Å². The van der Waals surface area contributed by atoms with Crippen molar-refractivity contribution in [1.82, 2.24) is 20.3 Å². The molecule has 0 unspecified atom stereocenters. The minimum absolute atomic E-state index is 0.260. The van der Waals surface area contributed by atoms with Gasteiger partial charge in [-0.3, -0.25) is 9.78 Å². The highest BCUT2D eigenvalue weighted by Gasteiger charge is 2.08. The maximum Gasteiger partial charge on any atom is 0.271 e. The van der Waals surface area contributed by atoms with E-state index in [1.807, 2.05) is 42.5 Å². The molecule has 26 heavy (non-hydrogen) atoms. The molecular weight excluding hydrogens is 330 g/mol. The summed E-state index contributed by atoms with van der Waals surface area (Å²) >= 11 is 0. The van der Waals surface area contributed by atoms with Crippen molar-refractivity contribution in [2.45, 2.75) is 13.1 Å². The first-order valence-corrected chi connectivity index (χ1v) is 8.11. The number of aromatic nitrogens is 3. The molecule has 2 N–H and O–H groups in total. The van der Waals surface area contributed by atoms with Gasteiger partial charge in [-0.2, -0.15) is 0 Å². The van der Waals surface area contributed by atoms with Crippen molar-refractivity contribution in [2.75, 3.05) is 12.4 Å². The van der Waals surface area contributed by atoms with E-state index in [2.05, 4.69) is 25.6 Å². The number of hydrogen-bond donors (Lipinski definition) is 2. The van der Waals surface area contributed by atoms with Crippen LogP contribution in [0.3, 0.4) is 0 Å². The van der Waals surface area contributed by atoms with Gasteiger partial charge in [-0.1, -0.05) is 18.2 Å². The van der Waals surface area contributed by atoms with E-state index in [-0.39, 0.29) is 11.6 Å². The first-order chi connectivity index (χ1) is 12.7. The molecule has 7 nitrogen and oxygen atoms in total. The molecule has 0 fully saturated rings. The van der Waals surface area contributed by atoms with Gasteiger partial charge in [-0.05, 0) is 29.8 Å². The average molecular weight is 349 g/mol. The van der Waals surface area contributed by atoms with Crippen molar-refractivity contribution in [2.24, 2.45) is 0 Å². The van der Waals surface area contributed by atoms with Crippen LogP contribution in [-0.4, -0.2) is 28.0 Å². The van der Waals surface area contributed by atoms with Crippen molar-refractivity contribution in [1.29, 1.82) is 0 Å². The Balaban J connectivity index is 1.51. The monoisotopic (exact) mass is 349 g/mol. The minimum Gasteiger partial charge on any atom is -0.497 e. The summed E-state index contributed by atoms with van der Waals surface area (Å²) in [6.45, 7) is 0.947. The molecule has 1 aromatic carbocycles. The number of carbonyl (C=O) groups is 1. The summed E-state index contributed by atoms with van der Waals surface area (Å²) in [5, 5.41) is 5.93. The van der Waals surface area contributed by atoms with Crippen LogP contribution in [0.2, 0.25) is 0 Å². The van der Waals surface area contributed by atoms with E-state index < -0.39 is 0 Å².